The minimum Gasteiger partial charge on any atom is -0.369 e. The molecule has 0 bridgehead atoms. The molecule has 118 valence electrons. The van der Waals surface area contributed by atoms with Gasteiger partial charge in [0.1, 0.15) is 5.82 Å². The highest BCUT2D eigenvalue weighted by atomic mass is 16.5. The number of imidazole rings is 1. The van der Waals surface area contributed by atoms with Crippen molar-refractivity contribution in [3.05, 3.63) is 34.7 Å². The van der Waals surface area contributed by atoms with E-state index in [-0.39, 0.29) is 18.1 Å². The number of rotatable bonds is 4. The van der Waals surface area contributed by atoms with Crippen LogP contribution in [0, 0.1) is 0 Å². The average molecular weight is 303 g/mol. The number of aromatic amines is 2. The second kappa shape index (κ2) is 5.92. The first kappa shape index (κ1) is 14.8. The van der Waals surface area contributed by atoms with Crippen LogP contribution in [0.5, 0.6) is 0 Å². The van der Waals surface area contributed by atoms with Crippen molar-refractivity contribution in [2.24, 2.45) is 0 Å². The molecule has 7 nitrogen and oxygen atoms in total. The van der Waals surface area contributed by atoms with E-state index in [9.17, 15) is 4.79 Å². The Kier molecular flexibility index (Phi) is 3.98. The third-order valence-corrected chi connectivity index (χ3v) is 3.93. The lowest BCUT2D eigenvalue weighted by Gasteiger charge is -2.25. The highest BCUT2D eigenvalue weighted by Gasteiger charge is 2.29. The van der Waals surface area contributed by atoms with E-state index in [1.807, 2.05) is 13.8 Å². The quantitative estimate of drug-likeness (QED) is 0.800. The molecule has 0 saturated heterocycles. The van der Waals surface area contributed by atoms with Crippen LogP contribution in [0.3, 0.4) is 0 Å². The molecule has 0 fully saturated rings. The fourth-order valence-electron chi connectivity index (χ4n) is 2.78. The van der Waals surface area contributed by atoms with Gasteiger partial charge in [0.25, 0.3) is 5.91 Å². The van der Waals surface area contributed by atoms with Crippen molar-refractivity contribution in [2.45, 2.75) is 52.4 Å². The molecule has 3 N–H and O–H groups in total. The predicted octanol–water partition coefficient (Wildman–Crippen LogP) is 1.65. The summed E-state index contributed by atoms with van der Waals surface area (Å²) in [7, 11) is 0. The van der Waals surface area contributed by atoms with Gasteiger partial charge in [0.2, 0.25) is 0 Å². The van der Waals surface area contributed by atoms with Gasteiger partial charge in [-0.25, -0.2) is 4.98 Å². The topological polar surface area (TPSA) is 95.7 Å². The van der Waals surface area contributed by atoms with Crippen molar-refractivity contribution in [1.29, 1.82) is 0 Å². The molecular weight excluding hydrogens is 282 g/mol. The number of hydrogen-bond donors (Lipinski definition) is 3. The monoisotopic (exact) mass is 303 g/mol. The Hall–Kier alpha value is -2.15. The Morgan fingerprint density at radius 2 is 2.32 bits per heavy atom. The first-order valence-electron chi connectivity index (χ1n) is 7.62. The summed E-state index contributed by atoms with van der Waals surface area (Å²) in [5, 5.41) is 9.96. The molecule has 0 saturated carbocycles. The van der Waals surface area contributed by atoms with Gasteiger partial charge in [-0.1, -0.05) is 6.92 Å². The lowest BCUT2D eigenvalue weighted by molar-refractivity contribution is -0.00697. The molecule has 2 atom stereocenters. The first-order chi connectivity index (χ1) is 10.6. The van der Waals surface area contributed by atoms with E-state index in [0.717, 1.165) is 29.2 Å². The number of fused-ring (bicyclic) bond motifs is 1. The van der Waals surface area contributed by atoms with Crippen molar-refractivity contribution in [1.82, 2.24) is 25.5 Å². The van der Waals surface area contributed by atoms with Gasteiger partial charge in [-0.2, -0.15) is 5.10 Å². The second-order valence-corrected chi connectivity index (χ2v) is 5.65. The first-order valence-corrected chi connectivity index (χ1v) is 7.62. The lowest BCUT2D eigenvalue weighted by atomic mass is 9.99. The largest absolute Gasteiger partial charge is 0.369 e. The van der Waals surface area contributed by atoms with Gasteiger partial charge in [0, 0.05) is 23.9 Å². The van der Waals surface area contributed by atoms with E-state index in [1.165, 1.54) is 0 Å². The zero-order valence-electron chi connectivity index (χ0n) is 13.1. The Balaban J connectivity index is 1.70. The van der Waals surface area contributed by atoms with Gasteiger partial charge >= 0.3 is 0 Å². The number of aryl methyl sites for hydroxylation is 1. The number of carbonyl (C=O) groups is 1. The highest BCUT2D eigenvalue weighted by Crippen LogP contribution is 2.29. The number of nitrogens with one attached hydrogen (secondary N) is 3. The molecule has 7 heteroatoms. The predicted molar refractivity (Wildman–Crippen MR) is 80.4 cm³/mol. The third-order valence-electron chi connectivity index (χ3n) is 3.93. The summed E-state index contributed by atoms with van der Waals surface area (Å²) in [5.41, 5.74) is 3.37. The van der Waals surface area contributed by atoms with E-state index in [2.05, 4.69) is 32.4 Å². The summed E-state index contributed by atoms with van der Waals surface area (Å²) >= 11 is 0. The highest BCUT2D eigenvalue weighted by molar-refractivity contribution is 5.94. The summed E-state index contributed by atoms with van der Waals surface area (Å²) in [6.07, 6.45) is 3.40. The molecule has 0 radical (unpaired) electrons. The molecule has 1 amide bonds. The molecule has 1 aliphatic heterocycles. The Bertz CT molecular complexity index is 675. The van der Waals surface area contributed by atoms with Gasteiger partial charge in [0.15, 0.2) is 5.69 Å². The number of ether oxygens (including phenoxy) is 1. The third kappa shape index (κ3) is 2.76. The normalized spacial score (nSPS) is 20.7. The van der Waals surface area contributed by atoms with Gasteiger partial charge in [-0.05, 0) is 20.3 Å². The molecule has 0 aromatic carbocycles. The lowest BCUT2D eigenvalue weighted by Crippen LogP contribution is -2.27. The molecule has 2 aromatic rings. The summed E-state index contributed by atoms with van der Waals surface area (Å²) in [6, 6.07) is 0. The second-order valence-electron chi connectivity index (χ2n) is 5.65. The maximum Gasteiger partial charge on any atom is 0.272 e. The maximum atomic E-state index is 12.4. The number of hydrogen-bond acceptors (Lipinski definition) is 4. The summed E-state index contributed by atoms with van der Waals surface area (Å²) in [4.78, 5) is 19.8. The van der Waals surface area contributed by atoms with Crippen LogP contribution in [-0.4, -0.2) is 32.2 Å². The standard InChI is InChI=1S/C15H21N5O2/c1-4-10-6-16-12(18-10)7-17-15(21)14-11-5-8(2)22-9(3)13(11)19-20-14/h6,8-9H,4-5,7H2,1-3H3,(H,16,18)(H,17,21)(H,19,20)/t8-,9+/m0/s1. The van der Waals surface area contributed by atoms with E-state index >= 15 is 0 Å². The summed E-state index contributed by atoms with van der Waals surface area (Å²) in [6.45, 7) is 6.38. The summed E-state index contributed by atoms with van der Waals surface area (Å²) < 4.78 is 5.73. The van der Waals surface area contributed by atoms with Crippen LogP contribution >= 0.6 is 0 Å². The van der Waals surface area contributed by atoms with Crippen LogP contribution in [0.25, 0.3) is 0 Å². The average Bonchev–Trinajstić information content (AvgIpc) is 3.11. The van der Waals surface area contributed by atoms with Crippen LogP contribution in [-0.2, 0) is 24.1 Å². The van der Waals surface area contributed by atoms with Crippen molar-refractivity contribution in [3.8, 4) is 0 Å². The molecular formula is C15H21N5O2. The SMILES string of the molecule is CCc1cnc(CNC(=O)c2n[nH]c3c2C[C@H](C)O[C@@H]3C)[nH]1. The molecule has 22 heavy (non-hydrogen) atoms. The van der Waals surface area contributed by atoms with Gasteiger partial charge < -0.3 is 15.0 Å². The number of carbonyl (C=O) groups excluding carboxylic acids is 1. The van der Waals surface area contributed by atoms with E-state index in [0.29, 0.717) is 18.7 Å². The van der Waals surface area contributed by atoms with Crippen molar-refractivity contribution in [2.75, 3.05) is 0 Å². The minimum atomic E-state index is -0.187. The minimum absolute atomic E-state index is 0.0648. The van der Waals surface area contributed by atoms with E-state index < -0.39 is 0 Å². The van der Waals surface area contributed by atoms with Gasteiger partial charge in [-0.15, -0.1) is 0 Å². The fraction of sp³-hybridized carbons (Fsp3) is 0.533. The van der Waals surface area contributed by atoms with E-state index in [4.69, 9.17) is 4.74 Å². The zero-order chi connectivity index (χ0) is 15.7. The molecule has 2 aromatic heterocycles. The van der Waals surface area contributed by atoms with Crippen LogP contribution < -0.4 is 5.32 Å². The van der Waals surface area contributed by atoms with Crippen LogP contribution in [0.4, 0.5) is 0 Å². The molecule has 3 rings (SSSR count). The number of H-pyrrole nitrogens is 2. The molecule has 3 heterocycles. The van der Waals surface area contributed by atoms with Crippen molar-refractivity contribution < 1.29 is 9.53 Å². The Morgan fingerprint density at radius 1 is 1.50 bits per heavy atom. The van der Waals surface area contributed by atoms with Gasteiger partial charge in [0.05, 0.1) is 24.4 Å². The molecule has 1 aliphatic rings. The fourth-order valence-corrected chi connectivity index (χ4v) is 2.78. The van der Waals surface area contributed by atoms with Gasteiger partial charge in [-0.3, -0.25) is 9.89 Å². The summed E-state index contributed by atoms with van der Waals surface area (Å²) in [5.74, 6) is 0.563. The van der Waals surface area contributed by atoms with Crippen molar-refractivity contribution >= 4 is 5.91 Å². The Morgan fingerprint density at radius 3 is 3.05 bits per heavy atom. The van der Waals surface area contributed by atoms with Crippen LogP contribution in [0.2, 0.25) is 0 Å². The molecule has 0 aliphatic carbocycles. The smallest absolute Gasteiger partial charge is 0.272 e. The molecule has 0 unspecified atom stereocenters. The Labute approximate surface area is 128 Å². The van der Waals surface area contributed by atoms with Crippen LogP contribution in [0.1, 0.15) is 60.1 Å². The van der Waals surface area contributed by atoms with Crippen molar-refractivity contribution in [3.63, 3.8) is 0 Å². The van der Waals surface area contributed by atoms with Crippen LogP contribution in [0.15, 0.2) is 6.20 Å². The number of nitrogens with zero attached hydrogens (tertiary/aromatic N) is 2. The number of amides is 1. The molecule has 0 spiro atoms. The zero-order valence-corrected chi connectivity index (χ0v) is 13.1. The van der Waals surface area contributed by atoms with E-state index in [1.54, 1.807) is 6.20 Å². The maximum absolute atomic E-state index is 12.4. The number of aromatic nitrogens is 4.